The largest absolute Gasteiger partial charge is 0.505 e. The van der Waals surface area contributed by atoms with Gasteiger partial charge in [0, 0.05) is 18.7 Å². The summed E-state index contributed by atoms with van der Waals surface area (Å²) in [6.07, 6.45) is 2.31. The molecule has 0 aromatic heterocycles. The van der Waals surface area contributed by atoms with Gasteiger partial charge in [-0.25, -0.2) is 4.39 Å². The maximum Gasteiger partial charge on any atom is 0.165 e. The van der Waals surface area contributed by atoms with E-state index in [0.717, 1.165) is 25.9 Å². The predicted octanol–water partition coefficient (Wildman–Crippen LogP) is 3.79. The molecule has 0 amide bonds. The zero-order chi connectivity index (χ0) is 13.5. The number of para-hydroxylation sites is 1. The Balaban J connectivity index is 2.70. The molecule has 102 valence electrons. The summed E-state index contributed by atoms with van der Waals surface area (Å²) in [6.45, 7) is 9.00. The van der Waals surface area contributed by atoms with Crippen LogP contribution < -0.4 is 0 Å². The zero-order valence-corrected chi connectivity index (χ0v) is 11.6. The quantitative estimate of drug-likeness (QED) is 0.799. The van der Waals surface area contributed by atoms with Crippen molar-refractivity contribution >= 4 is 0 Å². The molecule has 0 aliphatic rings. The summed E-state index contributed by atoms with van der Waals surface area (Å²) >= 11 is 0. The molecule has 0 aliphatic heterocycles. The minimum absolute atomic E-state index is 0.208. The number of aromatic hydroxyl groups is 1. The molecule has 3 heteroatoms. The molecular weight excluding hydrogens is 229 g/mol. The fourth-order valence-electron chi connectivity index (χ4n) is 2.15. The van der Waals surface area contributed by atoms with Crippen molar-refractivity contribution in [3.63, 3.8) is 0 Å². The molecule has 0 atom stereocenters. The maximum atomic E-state index is 13.3. The normalized spacial score (nSPS) is 11.4. The fraction of sp³-hybridized carbons (Fsp3) is 0.600. The van der Waals surface area contributed by atoms with Crippen LogP contribution in [-0.2, 0) is 6.54 Å². The molecule has 1 rings (SSSR count). The van der Waals surface area contributed by atoms with Crippen molar-refractivity contribution in [1.29, 1.82) is 0 Å². The van der Waals surface area contributed by atoms with Crippen LogP contribution >= 0.6 is 0 Å². The van der Waals surface area contributed by atoms with E-state index in [-0.39, 0.29) is 5.75 Å². The van der Waals surface area contributed by atoms with Gasteiger partial charge in [-0.3, -0.25) is 4.90 Å². The van der Waals surface area contributed by atoms with Crippen LogP contribution in [0.15, 0.2) is 18.2 Å². The molecule has 0 fully saturated rings. The molecule has 0 saturated carbocycles. The molecule has 18 heavy (non-hydrogen) atoms. The second-order valence-corrected chi connectivity index (χ2v) is 4.76. The van der Waals surface area contributed by atoms with Gasteiger partial charge >= 0.3 is 0 Å². The molecule has 0 spiro atoms. The average Bonchev–Trinajstić information content (AvgIpc) is 2.39. The summed E-state index contributed by atoms with van der Waals surface area (Å²) < 4.78 is 13.3. The average molecular weight is 253 g/mol. The van der Waals surface area contributed by atoms with Gasteiger partial charge in [-0.1, -0.05) is 45.7 Å². The van der Waals surface area contributed by atoms with Gasteiger partial charge in [-0.15, -0.1) is 0 Å². The number of hydrogen-bond acceptors (Lipinski definition) is 2. The lowest BCUT2D eigenvalue weighted by molar-refractivity contribution is 0.223. The minimum atomic E-state index is -0.536. The first-order valence-corrected chi connectivity index (χ1v) is 6.80. The van der Waals surface area contributed by atoms with E-state index in [1.54, 1.807) is 12.1 Å². The van der Waals surface area contributed by atoms with Crippen molar-refractivity contribution < 1.29 is 9.50 Å². The van der Waals surface area contributed by atoms with Crippen LogP contribution in [0.3, 0.4) is 0 Å². The smallest absolute Gasteiger partial charge is 0.165 e. The van der Waals surface area contributed by atoms with Crippen LogP contribution in [0.2, 0.25) is 0 Å². The van der Waals surface area contributed by atoms with E-state index in [2.05, 4.69) is 25.7 Å². The van der Waals surface area contributed by atoms with Gasteiger partial charge in [0.15, 0.2) is 11.6 Å². The lowest BCUT2D eigenvalue weighted by atomic mass is 10.0. The van der Waals surface area contributed by atoms with E-state index < -0.39 is 5.82 Å². The van der Waals surface area contributed by atoms with E-state index in [9.17, 15) is 9.50 Å². The molecule has 0 radical (unpaired) electrons. The number of rotatable bonds is 7. The van der Waals surface area contributed by atoms with Crippen LogP contribution in [0.25, 0.3) is 0 Å². The van der Waals surface area contributed by atoms with Crippen molar-refractivity contribution in [2.45, 2.75) is 40.2 Å². The van der Waals surface area contributed by atoms with Crippen molar-refractivity contribution in [1.82, 2.24) is 4.90 Å². The Hall–Kier alpha value is -1.09. The fourth-order valence-corrected chi connectivity index (χ4v) is 2.15. The Morgan fingerprint density at radius 2 is 1.89 bits per heavy atom. The second-order valence-electron chi connectivity index (χ2n) is 4.76. The Kier molecular flexibility index (Phi) is 6.13. The topological polar surface area (TPSA) is 23.5 Å². The first-order valence-electron chi connectivity index (χ1n) is 6.80. The van der Waals surface area contributed by atoms with Crippen LogP contribution in [0, 0.1) is 11.7 Å². The summed E-state index contributed by atoms with van der Waals surface area (Å²) in [7, 11) is 0. The van der Waals surface area contributed by atoms with Crippen molar-refractivity contribution in [2.24, 2.45) is 5.92 Å². The van der Waals surface area contributed by atoms with Gasteiger partial charge in [0.05, 0.1) is 0 Å². The van der Waals surface area contributed by atoms with Crippen LogP contribution in [0.5, 0.6) is 5.75 Å². The number of hydrogen-bond donors (Lipinski definition) is 1. The molecule has 1 aromatic rings. The zero-order valence-electron chi connectivity index (χ0n) is 11.6. The van der Waals surface area contributed by atoms with Gasteiger partial charge in [0.1, 0.15) is 0 Å². The Morgan fingerprint density at radius 1 is 1.22 bits per heavy atom. The third kappa shape index (κ3) is 3.98. The molecule has 2 nitrogen and oxygen atoms in total. The molecule has 0 saturated heterocycles. The molecular formula is C15H24FNO. The van der Waals surface area contributed by atoms with Crippen molar-refractivity contribution in [3.05, 3.63) is 29.6 Å². The Labute approximate surface area is 109 Å². The summed E-state index contributed by atoms with van der Waals surface area (Å²) in [5.41, 5.74) is 0.669. The van der Waals surface area contributed by atoms with Gasteiger partial charge in [-0.05, 0) is 18.5 Å². The number of phenolic OH excluding ortho intramolecular Hbond substituents is 1. The molecule has 1 aromatic carbocycles. The van der Waals surface area contributed by atoms with E-state index in [1.807, 2.05) is 0 Å². The SMILES string of the molecule is CCC(CC)CN(CC)Cc1cccc(F)c1O. The molecule has 0 bridgehead atoms. The van der Waals surface area contributed by atoms with E-state index in [0.29, 0.717) is 18.0 Å². The third-order valence-corrected chi connectivity index (χ3v) is 3.58. The van der Waals surface area contributed by atoms with E-state index in [4.69, 9.17) is 0 Å². The molecule has 0 heterocycles. The van der Waals surface area contributed by atoms with E-state index in [1.165, 1.54) is 6.07 Å². The Morgan fingerprint density at radius 3 is 2.44 bits per heavy atom. The highest BCUT2D eigenvalue weighted by Gasteiger charge is 2.13. The highest BCUT2D eigenvalue weighted by molar-refractivity contribution is 5.33. The number of nitrogens with zero attached hydrogens (tertiary/aromatic N) is 1. The van der Waals surface area contributed by atoms with Crippen LogP contribution in [-0.4, -0.2) is 23.1 Å². The number of phenols is 1. The number of halogens is 1. The number of benzene rings is 1. The minimum Gasteiger partial charge on any atom is -0.505 e. The molecule has 0 aliphatic carbocycles. The van der Waals surface area contributed by atoms with E-state index >= 15 is 0 Å². The van der Waals surface area contributed by atoms with Crippen molar-refractivity contribution in [2.75, 3.05) is 13.1 Å². The van der Waals surface area contributed by atoms with Gasteiger partial charge < -0.3 is 5.11 Å². The summed E-state index contributed by atoms with van der Waals surface area (Å²) in [6, 6.07) is 4.72. The van der Waals surface area contributed by atoms with Gasteiger partial charge in [-0.2, -0.15) is 0 Å². The van der Waals surface area contributed by atoms with Gasteiger partial charge in [0.2, 0.25) is 0 Å². The molecule has 1 N–H and O–H groups in total. The first kappa shape index (κ1) is 15.0. The maximum absolute atomic E-state index is 13.3. The summed E-state index contributed by atoms with van der Waals surface area (Å²) in [5.74, 6) is -0.0766. The summed E-state index contributed by atoms with van der Waals surface area (Å²) in [4.78, 5) is 2.26. The van der Waals surface area contributed by atoms with Gasteiger partial charge in [0.25, 0.3) is 0 Å². The van der Waals surface area contributed by atoms with Crippen LogP contribution in [0.4, 0.5) is 4.39 Å². The van der Waals surface area contributed by atoms with Crippen LogP contribution in [0.1, 0.15) is 39.2 Å². The first-order chi connectivity index (χ1) is 8.62. The Bertz CT molecular complexity index is 364. The monoisotopic (exact) mass is 253 g/mol. The van der Waals surface area contributed by atoms with Crippen molar-refractivity contribution in [3.8, 4) is 5.75 Å². The lowest BCUT2D eigenvalue weighted by Crippen LogP contribution is -2.28. The predicted molar refractivity (Wildman–Crippen MR) is 73.1 cm³/mol. The third-order valence-electron chi connectivity index (χ3n) is 3.58. The highest BCUT2D eigenvalue weighted by atomic mass is 19.1. The summed E-state index contributed by atoms with van der Waals surface area (Å²) in [5, 5.41) is 9.69. The highest BCUT2D eigenvalue weighted by Crippen LogP contribution is 2.23. The second kappa shape index (κ2) is 7.37. The standard InChI is InChI=1S/C15H24FNO/c1-4-12(5-2)10-17(6-3)11-13-8-7-9-14(16)15(13)18/h7-9,12,18H,4-6,10-11H2,1-3H3. The lowest BCUT2D eigenvalue weighted by Gasteiger charge is -2.25. The molecule has 0 unspecified atom stereocenters.